The van der Waals surface area contributed by atoms with Gasteiger partial charge in [0.15, 0.2) is 11.5 Å². The minimum absolute atomic E-state index is 0.0722. The Kier molecular flexibility index (Phi) is 5.14. The van der Waals surface area contributed by atoms with E-state index in [0.717, 1.165) is 5.69 Å². The first-order chi connectivity index (χ1) is 10.6. The number of amides is 1. The van der Waals surface area contributed by atoms with Crippen molar-refractivity contribution >= 4 is 23.5 Å². The quantitative estimate of drug-likeness (QED) is 0.830. The molecule has 0 fully saturated rings. The molecule has 2 N–H and O–H groups in total. The van der Waals surface area contributed by atoms with E-state index in [2.05, 4.69) is 10.3 Å². The zero-order chi connectivity index (χ0) is 15.9. The van der Waals surface area contributed by atoms with Gasteiger partial charge in [0.05, 0.1) is 12.3 Å². The molecule has 0 aliphatic carbocycles. The number of para-hydroxylation sites is 1. The van der Waals surface area contributed by atoms with Crippen LogP contribution in [0.1, 0.15) is 19.4 Å². The number of nitrogens with zero attached hydrogens (tertiary/aromatic N) is 1. The molecule has 0 unspecified atom stereocenters. The molecule has 1 amide bonds. The van der Waals surface area contributed by atoms with Gasteiger partial charge in [-0.15, -0.1) is 0 Å². The number of phenolic OH excluding ortho intramolecular Hbond substituents is 1. The standard InChI is InChI=1S/C17H18N2O3/c1-3-22-16-6-4-5-13(17(16)21)11-18-14-7-9-15(10-8-14)19-12(2)20/h4-11,21H,3H2,1-2H3,(H,19,20). The maximum Gasteiger partial charge on any atom is 0.221 e. The number of hydrogen-bond donors (Lipinski definition) is 2. The number of nitrogens with one attached hydrogen (secondary N) is 1. The Hall–Kier alpha value is -2.82. The van der Waals surface area contributed by atoms with Crippen LogP contribution in [0.3, 0.4) is 0 Å². The van der Waals surface area contributed by atoms with Crippen LogP contribution in [0.2, 0.25) is 0 Å². The molecule has 5 heteroatoms. The summed E-state index contributed by atoms with van der Waals surface area (Å²) >= 11 is 0. The molecule has 0 atom stereocenters. The van der Waals surface area contributed by atoms with Crippen LogP contribution < -0.4 is 10.1 Å². The minimum Gasteiger partial charge on any atom is -0.504 e. The lowest BCUT2D eigenvalue weighted by Gasteiger charge is -2.07. The molecule has 0 saturated carbocycles. The second-order valence-electron chi connectivity index (χ2n) is 4.61. The van der Waals surface area contributed by atoms with E-state index in [4.69, 9.17) is 4.74 Å². The fourth-order valence-corrected chi connectivity index (χ4v) is 1.89. The highest BCUT2D eigenvalue weighted by Gasteiger charge is 2.05. The zero-order valence-electron chi connectivity index (χ0n) is 12.5. The van der Waals surface area contributed by atoms with Crippen molar-refractivity contribution in [2.24, 2.45) is 4.99 Å². The first-order valence-electron chi connectivity index (χ1n) is 6.96. The molecule has 0 radical (unpaired) electrons. The lowest BCUT2D eigenvalue weighted by atomic mass is 10.2. The van der Waals surface area contributed by atoms with Gasteiger partial charge in [-0.25, -0.2) is 0 Å². The molecule has 0 aliphatic rings. The maximum atomic E-state index is 11.0. The maximum absolute atomic E-state index is 11.0. The number of carbonyl (C=O) groups is 1. The van der Waals surface area contributed by atoms with Gasteiger partial charge in [0.1, 0.15) is 0 Å². The second-order valence-corrected chi connectivity index (χ2v) is 4.61. The highest BCUT2D eigenvalue weighted by Crippen LogP contribution is 2.29. The Bertz CT molecular complexity index is 679. The van der Waals surface area contributed by atoms with Crippen LogP contribution in [0.15, 0.2) is 47.5 Å². The van der Waals surface area contributed by atoms with Crippen molar-refractivity contribution in [2.45, 2.75) is 13.8 Å². The van der Waals surface area contributed by atoms with Crippen LogP contribution in [0.5, 0.6) is 11.5 Å². The summed E-state index contributed by atoms with van der Waals surface area (Å²) in [5.74, 6) is 0.393. The van der Waals surface area contributed by atoms with E-state index in [-0.39, 0.29) is 11.7 Å². The first-order valence-corrected chi connectivity index (χ1v) is 6.96. The molecule has 2 rings (SSSR count). The third-order valence-electron chi connectivity index (χ3n) is 2.87. The monoisotopic (exact) mass is 298 g/mol. The number of benzene rings is 2. The van der Waals surface area contributed by atoms with E-state index < -0.39 is 0 Å². The van der Waals surface area contributed by atoms with Crippen molar-refractivity contribution in [2.75, 3.05) is 11.9 Å². The Morgan fingerprint density at radius 2 is 2.00 bits per heavy atom. The minimum atomic E-state index is -0.117. The Morgan fingerprint density at radius 3 is 2.64 bits per heavy atom. The first kappa shape index (κ1) is 15.6. The lowest BCUT2D eigenvalue weighted by molar-refractivity contribution is -0.114. The molecule has 114 valence electrons. The van der Waals surface area contributed by atoms with E-state index in [1.54, 1.807) is 48.7 Å². The van der Waals surface area contributed by atoms with Crippen molar-refractivity contribution in [1.29, 1.82) is 0 Å². The predicted molar refractivity (Wildman–Crippen MR) is 87.3 cm³/mol. The fraction of sp³-hybridized carbons (Fsp3) is 0.176. The summed E-state index contributed by atoms with van der Waals surface area (Å²) in [4.78, 5) is 15.3. The number of aliphatic imine (C=N–C) groups is 1. The molecule has 2 aromatic carbocycles. The van der Waals surface area contributed by atoms with Gasteiger partial charge in [0, 0.05) is 24.4 Å². The van der Waals surface area contributed by atoms with E-state index in [9.17, 15) is 9.90 Å². The second kappa shape index (κ2) is 7.26. The molecule has 0 spiro atoms. The van der Waals surface area contributed by atoms with Crippen LogP contribution in [0.25, 0.3) is 0 Å². The molecule has 5 nitrogen and oxygen atoms in total. The van der Waals surface area contributed by atoms with Gasteiger partial charge in [-0.1, -0.05) is 6.07 Å². The van der Waals surface area contributed by atoms with Crippen LogP contribution in [0.4, 0.5) is 11.4 Å². The zero-order valence-corrected chi connectivity index (χ0v) is 12.5. The van der Waals surface area contributed by atoms with Crippen molar-refractivity contribution in [3.8, 4) is 11.5 Å². The lowest BCUT2D eigenvalue weighted by Crippen LogP contribution is -2.04. The van der Waals surface area contributed by atoms with Crippen molar-refractivity contribution in [1.82, 2.24) is 0 Å². The summed E-state index contributed by atoms with van der Waals surface area (Å²) in [6.07, 6.45) is 1.57. The van der Waals surface area contributed by atoms with E-state index in [1.807, 2.05) is 6.92 Å². The van der Waals surface area contributed by atoms with Crippen LogP contribution in [0, 0.1) is 0 Å². The molecular formula is C17H18N2O3. The summed E-state index contributed by atoms with van der Waals surface area (Å²) < 4.78 is 5.33. The van der Waals surface area contributed by atoms with Gasteiger partial charge in [0.25, 0.3) is 0 Å². The number of phenols is 1. The summed E-state index contributed by atoms with van der Waals surface area (Å²) in [5.41, 5.74) is 2.01. The normalized spacial score (nSPS) is 10.6. The Labute approximate surface area is 129 Å². The van der Waals surface area contributed by atoms with Crippen LogP contribution in [-0.2, 0) is 4.79 Å². The topological polar surface area (TPSA) is 70.9 Å². The molecule has 0 aliphatic heterocycles. The van der Waals surface area contributed by atoms with Crippen molar-refractivity contribution in [3.05, 3.63) is 48.0 Å². The highest BCUT2D eigenvalue weighted by molar-refractivity contribution is 5.89. The summed E-state index contributed by atoms with van der Waals surface area (Å²) in [5, 5.41) is 12.8. The van der Waals surface area contributed by atoms with Gasteiger partial charge in [-0.2, -0.15) is 0 Å². The largest absolute Gasteiger partial charge is 0.504 e. The summed E-state index contributed by atoms with van der Waals surface area (Å²) in [6, 6.07) is 12.4. The van der Waals surface area contributed by atoms with E-state index >= 15 is 0 Å². The fourth-order valence-electron chi connectivity index (χ4n) is 1.89. The number of rotatable bonds is 5. The highest BCUT2D eigenvalue weighted by atomic mass is 16.5. The molecule has 22 heavy (non-hydrogen) atoms. The van der Waals surface area contributed by atoms with Crippen LogP contribution >= 0.6 is 0 Å². The van der Waals surface area contributed by atoms with Gasteiger partial charge in [0.2, 0.25) is 5.91 Å². The van der Waals surface area contributed by atoms with Gasteiger partial charge < -0.3 is 15.2 Å². The van der Waals surface area contributed by atoms with Gasteiger partial charge in [-0.05, 0) is 43.3 Å². The predicted octanol–water partition coefficient (Wildman–Crippen LogP) is 3.50. The SMILES string of the molecule is CCOc1cccc(C=Nc2ccc(NC(C)=O)cc2)c1O. The number of anilines is 1. The molecule has 0 bridgehead atoms. The number of carbonyl (C=O) groups excluding carboxylic acids is 1. The van der Waals surface area contributed by atoms with E-state index in [1.165, 1.54) is 6.92 Å². The molecule has 2 aromatic rings. The number of hydrogen-bond acceptors (Lipinski definition) is 4. The van der Waals surface area contributed by atoms with Crippen molar-refractivity contribution < 1.29 is 14.6 Å². The summed E-state index contributed by atoms with van der Waals surface area (Å²) in [7, 11) is 0. The third-order valence-corrected chi connectivity index (χ3v) is 2.87. The molecule has 0 saturated heterocycles. The van der Waals surface area contributed by atoms with Gasteiger partial charge >= 0.3 is 0 Å². The van der Waals surface area contributed by atoms with Crippen LogP contribution in [-0.4, -0.2) is 23.8 Å². The smallest absolute Gasteiger partial charge is 0.221 e. The summed E-state index contributed by atoms with van der Waals surface area (Å²) in [6.45, 7) is 3.80. The molecular weight excluding hydrogens is 280 g/mol. The average molecular weight is 298 g/mol. The Balaban J connectivity index is 2.14. The third kappa shape index (κ3) is 4.09. The number of aromatic hydroxyl groups is 1. The number of ether oxygens (including phenoxy) is 1. The van der Waals surface area contributed by atoms with Gasteiger partial charge in [-0.3, -0.25) is 9.79 Å². The Morgan fingerprint density at radius 1 is 1.27 bits per heavy atom. The average Bonchev–Trinajstić information content (AvgIpc) is 2.49. The molecule has 0 heterocycles. The molecule has 0 aromatic heterocycles. The van der Waals surface area contributed by atoms with Crippen molar-refractivity contribution in [3.63, 3.8) is 0 Å². The van der Waals surface area contributed by atoms with E-state index in [0.29, 0.717) is 23.6 Å².